The number of anilines is 6. The van der Waals surface area contributed by atoms with Gasteiger partial charge in [0, 0.05) is 44.4 Å². The molecule has 0 aliphatic heterocycles. The summed E-state index contributed by atoms with van der Waals surface area (Å²) in [6.07, 6.45) is 0. The first-order valence-corrected chi connectivity index (χ1v) is 30.2. The van der Waals surface area contributed by atoms with Crippen LogP contribution in [0.4, 0.5) is 34.1 Å². The van der Waals surface area contributed by atoms with E-state index in [9.17, 15) is 0 Å². The lowest BCUT2D eigenvalue weighted by molar-refractivity contribution is 0.660. The standard InChI is InChI=1S/C45H33NO.C39H31N/c1-45(2)40-16-8-6-13-36(40)38-15-10-17-41(44(38)45)46(34-24-19-31(20-25-34)30-11-4-3-5-12-30)35-26-21-32(22-27-35)33-23-28-43-39(29-33)37-14-7-9-18-42(37)47-43;1-39(2)36-21-10-9-19-34(36)35-20-12-22-37(38(35)39)40(32-25-23-30(24-26-32)28-13-5-3-6-14-28)33-18-11-17-31(27-33)29-15-7-4-8-16-29/h3-29H,1-2H3;3-27H,1-2H3. The minimum atomic E-state index is -0.145. The molecule has 3 nitrogen and oxygen atoms in total. The number of hydrogen-bond acceptors (Lipinski definition) is 3. The van der Waals surface area contributed by atoms with Crippen LogP contribution in [0.2, 0.25) is 0 Å². The molecule has 2 aliphatic carbocycles. The second kappa shape index (κ2) is 21.7. The van der Waals surface area contributed by atoms with Gasteiger partial charge in [0.2, 0.25) is 0 Å². The van der Waals surface area contributed by atoms with E-state index in [0.717, 1.165) is 44.7 Å². The highest BCUT2D eigenvalue weighted by molar-refractivity contribution is 6.06. The highest BCUT2D eigenvalue weighted by atomic mass is 16.3. The SMILES string of the molecule is CC1(C)c2ccccc2-c2cccc(N(c3ccc(-c4ccccc4)cc3)c3ccc(-c4ccc5oc6ccccc6c5c4)cc3)c21.CC1(C)c2ccccc2-c2cccc(N(c3ccc(-c4ccccc4)cc3)c3cccc(-c4ccccc4)c3)c21. The Kier molecular flexibility index (Phi) is 13.2. The Morgan fingerprint density at radius 3 is 1.09 bits per heavy atom. The highest BCUT2D eigenvalue weighted by Crippen LogP contribution is 2.56. The predicted molar refractivity (Wildman–Crippen MR) is 366 cm³/mol. The molecule has 1 heterocycles. The number of fused-ring (bicyclic) bond motifs is 9. The maximum atomic E-state index is 6.10. The maximum absolute atomic E-state index is 6.10. The molecule has 16 rings (SSSR count). The normalized spacial score (nSPS) is 13.0. The van der Waals surface area contributed by atoms with Gasteiger partial charge in [-0.1, -0.05) is 264 Å². The summed E-state index contributed by atoms with van der Waals surface area (Å²) in [7, 11) is 0. The fourth-order valence-electron chi connectivity index (χ4n) is 13.9. The molecule has 416 valence electrons. The van der Waals surface area contributed by atoms with Gasteiger partial charge < -0.3 is 14.2 Å². The molecule has 0 amide bonds. The molecule has 0 bridgehead atoms. The van der Waals surface area contributed by atoms with Crippen LogP contribution in [0, 0.1) is 0 Å². The number of benzene rings is 13. The smallest absolute Gasteiger partial charge is 0.135 e. The second-order valence-electron chi connectivity index (χ2n) is 24.0. The largest absolute Gasteiger partial charge is 0.456 e. The van der Waals surface area contributed by atoms with Gasteiger partial charge in [-0.25, -0.2) is 0 Å². The van der Waals surface area contributed by atoms with Crippen molar-refractivity contribution >= 4 is 56.1 Å². The number of nitrogens with zero attached hydrogens (tertiary/aromatic N) is 2. The van der Waals surface area contributed by atoms with Crippen LogP contribution < -0.4 is 9.80 Å². The fourth-order valence-corrected chi connectivity index (χ4v) is 13.9. The zero-order valence-corrected chi connectivity index (χ0v) is 49.3. The van der Waals surface area contributed by atoms with Gasteiger partial charge in [-0.05, 0) is 168 Å². The van der Waals surface area contributed by atoms with E-state index in [2.05, 4.69) is 341 Å². The van der Waals surface area contributed by atoms with Gasteiger partial charge in [0.15, 0.2) is 0 Å². The molecule has 0 saturated heterocycles. The summed E-state index contributed by atoms with van der Waals surface area (Å²) in [4.78, 5) is 4.87. The summed E-state index contributed by atoms with van der Waals surface area (Å²) >= 11 is 0. The van der Waals surface area contributed by atoms with Crippen molar-refractivity contribution in [1.29, 1.82) is 0 Å². The number of hydrogen-bond donors (Lipinski definition) is 0. The molecule has 14 aromatic rings. The molecule has 0 fully saturated rings. The van der Waals surface area contributed by atoms with E-state index in [4.69, 9.17) is 4.42 Å². The topological polar surface area (TPSA) is 19.6 Å². The molecule has 87 heavy (non-hydrogen) atoms. The first-order valence-electron chi connectivity index (χ1n) is 30.2. The molecule has 13 aromatic carbocycles. The molecule has 0 radical (unpaired) electrons. The third-order valence-electron chi connectivity index (χ3n) is 18.1. The van der Waals surface area contributed by atoms with Gasteiger partial charge in [-0.2, -0.15) is 0 Å². The third kappa shape index (κ3) is 9.40. The van der Waals surface area contributed by atoms with Crippen LogP contribution in [-0.4, -0.2) is 0 Å². The number of rotatable bonds is 10. The van der Waals surface area contributed by atoms with Crippen LogP contribution in [0.15, 0.2) is 320 Å². The van der Waals surface area contributed by atoms with Crippen molar-refractivity contribution in [2.75, 3.05) is 9.80 Å². The molecule has 3 heteroatoms. The van der Waals surface area contributed by atoms with E-state index in [1.54, 1.807) is 0 Å². The lowest BCUT2D eigenvalue weighted by Gasteiger charge is -2.32. The Labute approximate surface area is 510 Å². The average molecular weight is 1120 g/mol. The Balaban J connectivity index is 0.000000149. The minimum absolute atomic E-state index is 0.123. The maximum Gasteiger partial charge on any atom is 0.135 e. The fraction of sp³-hybridized carbons (Fsp3) is 0.0714. The van der Waals surface area contributed by atoms with Crippen LogP contribution in [0.1, 0.15) is 49.9 Å². The molecule has 2 aliphatic rings. The first kappa shape index (κ1) is 53.0. The highest BCUT2D eigenvalue weighted by Gasteiger charge is 2.40. The van der Waals surface area contributed by atoms with E-state index in [1.165, 1.54) is 100 Å². The molecule has 1 aromatic heterocycles. The molecule has 0 N–H and O–H groups in total. The second-order valence-corrected chi connectivity index (χ2v) is 24.0. The summed E-state index contributed by atoms with van der Waals surface area (Å²) in [5, 5.41) is 2.29. The van der Waals surface area contributed by atoms with Crippen molar-refractivity contribution in [3.05, 3.63) is 338 Å². The van der Waals surface area contributed by atoms with E-state index < -0.39 is 0 Å². The van der Waals surface area contributed by atoms with Crippen LogP contribution in [0.3, 0.4) is 0 Å². The summed E-state index contributed by atoms with van der Waals surface area (Å²) in [6.45, 7) is 9.43. The molecular weight excluding hydrogens is 1050 g/mol. The van der Waals surface area contributed by atoms with Gasteiger partial charge >= 0.3 is 0 Å². The Morgan fingerprint density at radius 2 is 0.586 bits per heavy atom. The van der Waals surface area contributed by atoms with Crippen molar-refractivity contribution < 1.29 is 4.42 Å². The van der Waals surface area contributed by atoms with Gasteiger partial charge in [0.05, 0.1) is 11.4 Å². The lowest BCUT2D eigenvalue weighted by atomic mass is 9.81. The number of para-hydroxylation sites is 1. The Hall–Kier alpha value is -10.7. The van der Waals surface area contributed by atoms with Crippen molar-refractivity contribution in [2.24, 2.45) is 0 Å². The summed E-state index contributed by atoms with van der Waals surface area (Å²) < 4.78 is 6.10. The third-order valence-corrected chi connectivity index (χ3v) is 18.1. The summed E-state index contributed by atoms with van der Waals surface area (Å²) in [6, 6.07) is 114. The molecule has 0 atom stereocenters. The molecule has 0 spiro atoms. The lowest BCUT2D eigenvalue weighted by Crippen LogP contribution is -2.20. The zero-order chi connectivity index (χ0) is 58.6. The Bertz CT molecular complexity index is 4830. The zero-order valence-electron chi connectivity index (χ0n) is 49.3. The monoisotopic (exact) mass is 1120 g/mol. The van der Waals surface area contributed by atoms with E-state index in [-0.39, 0.29) is 10.8 Å². The minimum Gasteiger partial charge on any atom is -0.456 e. The van der Waals surface area contributed by atoms with Gasteiger partial charge in [0.25, 0.3) is 0 Å². The van der Waals surface area contributed by atoms with Gasteiger partial charge in [0.1, 0.15) is 11.2 Å². The van der Waals surface area contributed by atoms with Crippen LogP contribution in [0.25, 0.3) is 88.7 Å². The van der Waals surface area contributed by atoms with Crippen molar-refractivity contribution in [3.63, 3.8) is 0 Å². The first-order chi connectivity index (χ1) is 42.7. The summed E-state index contributed by atoms with van der Waals surface area (Å²) in [5.41, 5.74) is 28.9. The van der Waals surface area contributed by atoms with E-state index in [1.807, 2.05) is 12.1 Å². The Morgan fingerprint density at radius 1 is 0.241 bits per heavy atom. The predicted octanol–water partition coefficient (Wildman–Crippen LogP) is 23.5. The quantitative estimate of drug-likeness (QED) is 0.136. The summed E-state index contributed by atoms with van der Waals surface area (Å²) in [5.74, 6) is 0. The molecular formula is C84H64N2O. The van der Waals surface area contributed by atoms with Crippen LogP contribution >= 0.6 is 0 Å². The van der Waals surface area contributed by atoms with Crippen LogP contribution in [0.5, 0.6) is 0 Å². The van der Waals surface area contributed by atoms with E-state index in [0.29, 0.717) is 0 Å². The van der Waals surface area contributed by atoms with Crippen molar-refractivity contribution in [2.45, 2.75) is 38.5 Å². The number of furan rings is 1. The van der Waals surface area contributed by atoms with Crippen LogP contribution in [-0.2, 0) is 10.8 Å². The average Bonchev–Trinajstić information content (AvgIpc) is 1.69. The van der Waals surface area contributed by atoms with E-state index >= 15 is 0 Å². The van der Waals surface area contributed by atoms with Gasteiger partial charge in [-0.15, -0.1) is 0 Å². The van der Waals surface area contributed by atoms with Gasteiger partial charge in [-0.3, -0.25) is 0 Å². The molecule has 0 unspecified atom stereocenters. The van der Waals surface area contributed by atoms with Crippen molar-refractivity contribution in [3.8, 4) is 66.8 Å². The molecule has 0 saturated carbocycles. The van der Waals surface area contributed by atoms with Crippen molar-refractivity contribution in [1.82, 2.24) is 0 Å².